The lowest BCUT2D eigenvalue weighted by Gasteiger charge is -2.34. The summed E-state index contributed by atoms with van der Waals surface area (Å²) >= 11 is 1.59. The number of ether oxygens (including phenoxy) is 4. The fourth-order valence-corrected chi connectivity index (χ4v) is 13.6. The Kier molecular flexibility index (Phi) is 16.3. The molecule has 17 nitrogen and oxygen atoms in total. The van der Waals surface area contributed by atoms with Crippen LogP contribution in [0.4, 0.5) is 10.2 Å². The summed E-state index contributed by atoms with van der Waals surface area (Å²) in [5.74, 6) is -0.423. The summed E-state index contributed by atoms with van der Waals surface area (Å²) in [7, 11) is 1.57. The molecule has 6 atom stereocenters. The van der Waals surface area contributed by atoms with Gasteiger partial charge in [0.2, 0.25) is 11.8 Å². The van der Waals surface area contributed by atoms with Gasteiger partial charge in [-0.2, -0.15) is 9.97 Å². The topological polar surface area (TPSA) is 191 Å². The molecule has 4 aromatic heterocycles. The Labute approximate surface area is 470 Å². The number of aryl methyl sites for hydroxylation is 2. The second-order valence-electron chi connectivity index (χ2n) is 22.4. The second-order valence-corrected chi connectivity index (χ2v) is 23.3. The van der Waals surface area contributed by atoms with E-state index in [-0.39, 0.29) is 78.2 Å². The van der Waals surface area contributed by atoms with Crippen molar-refractivity contribution in [3.05, 3.63) is 101 Å². The second kappa shape index (κ2) is 23.7. The average Bonchev–Trinajstić information content (AvgIpc) is 4.32. The van der Waals surface area contributed by atoms with Gasteiger partial charge in [-0.05, 0) is 116 Å². The van der Waals surface area contributed by atoms with E-state index in [1.54, 1.807) is 30.7 Å². The number of likely N-dealkylation sites (tertiary alicyclic amines) is 1. The number of aliphatic hydroxyl groups excluding tert-OH is 1. The molecule has 4 aliphatic heterocycles. The van der Waals surface area contributed by atoms with Crippen molar-refractivity contribution in [2.24, 2.45) is 5.92 Å². The van der Waals surface area contributed by atoms with E-state index < -0.39 is 23.9 Å². The highest BCUT2D eigenvalue weighted by atomic mass is 32.1. The predicted octanol–water partition coefficient (Wildman–Crippen LogP) is 10.4. The van der Waals surface area contributed by atoms with Crippen molar-refractivity contribution in [3.63, 3.8) is 0 Å². The van der Waals surface area contributed by atoms with Gasteiger partial charge in [-0.1, -0.05) is 76.1 Å². The number of carbonyl (C=O) groups excluding carboxylic acids is 2. The molecule has 2 amide bonds. The maximum atomic E-state index is 17.6. The summed E-state index contributed by atoms with van der Waals surface area (Å²) in [6.45, 7) is 13.0. The number of amides is 2. The van der Waals surface area contributed by atoms with Crippen LogP contribution in [0.25, 0.3) is 43.4 Å². The number of anilines is 1. The number of aromatic nitrogens is 5. The predicted molar refractivity (Wildman–Crippen MR) is 305 cm³/mol. The molecule has 4 fully saturated rings. The first kappa shape index (κ1) is 55.1. The molecule has 0 bridgehead atoms. The molecule has 0 aliphatic carbocycles. The molecule has 4 saturated heterocycles. The zero-order valence-electron chi connectivity index (χ0n) is 46.6. The molecule has 0 radical (unpaired) electrons. The SMILES string of the molecule is CCc1cccc2cc(OCOC)cc(-c3ncc4c(N5CCCCCC5)nc(OC[C@]56CCCN5[C@H](COc5cc([C@@H](C(=O)N7C[C@H](O)C[C@H]7C(=O)N[C@@H](C)c7ccc(-c8scnc8C)cc7)C(C)C)on5)CC6)nc4c3F)c12. The molecular formula is C61H72FN9O8S. The average molecular weight is 1110 g/mol. The minimum Gasteiger partial charge on any atom is -0.474 e. The third-order valence-corrected chi connectivity index (χ3v) is 17.9. The number of rotatable bonds is 19. The van der Waals surface area contributed by atoms with Gasteiger partial charge >= 0.3 is 6.01 Å². The summed E-state index contributed by atoms with van der Waals surface area (Å²) in [5.41, 5.74) is 6.48. The Morgan fingerprint density at radius 2 is 1.77 bits per heavy atom. The number of β-amino-alcohol motifs (C(OH)–C–C–N with tert-alkyl or cyclic N) is 1. The van der Waals surface area contributed by atoms with Crippen molar-refractivity contribution in [3.8, 4) is 39.3 Å². The highest BCUT2D eigenvalue weighted by Gasteiger charge is 2.50. The molecule has 0 spiro atoms. The number of carbonyl (C=O) groups is 2. The first-order chi connectivity index (χ1) is 38.8. The Morgan fingerprint density at radius 3 is 2.52 bits per heavy atom. The lowest BCUT2D eigenvalue weighted by atomic mass is 9.91. The van der Waals surface area contributed by atoms with Crippen LogP contribution in [-0.4, -0.2) is 129 Å². The fraction of sp³-hybridized carbons (Fsp3) is 0.492. The molecule has 3 aromatic carbocycles. The van der Waals surface area contributed by atoms with Crippen molar-refractivity contribution in [1.29, 1.82) is 0 Å². The number of fused-ring (bicyclic) bond motifs is 3. The molecule has 422 valence electrons. The van der Waals surface area contributed by atoms with Crippen LogP contribution in [0.3, 0.4) is 0 Å². The monoisotopic (exact) mass is 1110 g/mol. The Balaban J connectivity index is 0.779. The Bertz CT molecular complexity index is 3350. The Hall–Kier alpha value is -6.80. The number of nitrogens with zero attached hydrogens (tertiary/aromatic N) is 8. The van der Waals surface area contributed by atoms with Crippen LogP contribution >= 0.6 is 11.3 Å². The van der Waals surface area contributed by atoms with Crippen LogP contribution in [0.1, 0.15) is 120 Å². The number of thiazole rings is 1. The van der Waals surface area contributed by atoms with E-state index in [4.69, 9.17) is 38.4 Å². The summed E-state index contributed by atoms with van der Waals surface area (Å²) < 4.78 is 47.6. The van der Waals surface area contributed by atoms with E-state index in [9.17, 15) is 14.7 Å². The third kappa shape index (κ3) is 11.0. The number of benzene rings is 3. The number of hydrogen-bond donors (Lipinski definition) is 2. The largest absolute Gasteiger partial charge is 0.474 e. The molecule has 0 unspecified atom stereocenters. The van der Waals surface area contributed by atoms with Gasteiger partial charge in [-0.15, -0.1) is 11.3 Å². The van der Waals surface area contributed by atoms with E-state index in [1.807, 2.05) is 81.7 Å². The van der Waals surface area contributed by atoms with E-state index in [2.05, 4.69) is 38.2 Å². The molecule has 7 aromatic rings. The lowest BCUT2D eigenvalue weighted by molar-refractivity contribution is -0.141. The van der Waals surface area contributed by atoms with Gasteiger partial charge in [0.05, 0.1) is 39.2 Å². The van der Waals surface area contributed by atoms with E-state index in [0.717, 1.165) is 115 Å². The van der Waals surface area contributed by atoms with Crippen LogP contribution in [0.5, 0.6) is 17.6 Å². The minimum atomic E-state index is -0.863. The number of halogens is 1. The zero-order valence-corrected chi connectivity index (χ0v) is 47.4. The van der Waals surface area contributed by atoms with E-state index in [1.165, 1.54) is 4.90 Å². The molecule has 2 N–H and O–H groups in total. The van der Waals surface area contributed by atoms with Gasteiger partial charge in [0, 0.05) is 57.0 Å². The molecular weight excluding hydrogens is 1040 g/mol. The van der Waals surface area contributed by atoms with Crippen molar-refractivity contribution in [1.82, 2.24) is 40.2 Å². The highest BCUT2D eigenvalue weighted by molar-refractivity contribution is 7.13. The molecule has 19 heteroatoms. The van der Waals surface area contributed by atoms with E-state index >= 15 is 4.39 Å². The lowest BCUT2D eigenvalue weighted by Crippen LogP contribution is -2.48. The quantitative estimate of drug-likeness (QED) is 0.0727. The molecule has 80 heavy (non-hydrogen) atoms. The van der Waals surface area contributed by atoms with Crippen LogP contribution in [-0.2, 0) is 20.7 Å². The number of pyridine rings is 1. The van der Waals surface area contributed by atoms with Crippen molar-refractivity contribution in [2.75, 3.05) is 58.2 Å². The number of methoxy groups -OCH3 is 1. The minimum absolute atomic E-state index is 0.0262. The first-order valence-electron chi connectivity index (χ1n) is 28.4. The Morgan fingerprint density at radius 1 is 0.963 bits per heavy atom. The van der Waals surface area contributed by atoms with Gasteiger partial charge < -0.3 is 43.7 Å². The zero-order chi connectivity index (χ0) is 55.7. The highest BCUT2D eigenvalue weighted by Crippen LogP contribution is 2.44. The van der Waals surface area contributed by atoms with Crippen LogP contribution in [0, 0.1) is 18.7 Å². The maximum Gasteiger partial charge on any atom is 0.319 e. The van der Waals surface area contributed by atoms with Crippen LogP contribution < -0.4 is 24.4 Å². The smallest absolute Gasteiger partial charge is 0.319 e. The van der Waals surface area contributed by atoms with Crippen LogP contribution in [0.2, 0.25) is 0 Å². The summed E-state index contributed by atoms with van der Waals surface area (Å²) in [6.07, 6.45) is 9.54. The molecule has 11 rings (SSSR count). The van der Waals surface area contributed by atoms with Gasteiger partial charge in [0.15, 0.2) is 18.4 Å². The van der Waals surface area contributed by atoms with Gasteiger partial charge in [-0.25, -0.2) is 9.37 Å². The standard InChI is InChI=1S/C61H72FN9O8S/c1-7-39-14-12-15-42-26-45(78-35-75-6)28-46(52(39)42)54-53(62)55-47(30-63-54)57(69-23-10-8-9-11-24-69)67-60(66-55)77-33-61-21-13-25-71(61)43(20-22-61)32-76-50-29-49(79-68-50)51(36(2)3)59(74)70-31-44(72)27-48(70)58(73)65-37(4)40-16-18-41(19-17-40)56-38(5)64-34-80-56/h12,14-19,26,28-30,34,36-37,43-44,48,51,72H,7-11,13,20-25,27,31-33,35H2,1-6H3,(H,65,73)/t37-,43-,44+,48-,51-,61+/m0/s1. The van der Waals surface area contributed by atoms with Crippen molar-refractivity contribution >= 4 is 50.6 Å². The first-order valence-corrected chi connectivity index (χ1v) is 29.3. The number of aliphatic hydroxyl groups is 1. The molecule has 8 heterocycles. The number of nitrogens with one attached hydrogen (secondary N) is 1. The summed E-state index contributed by atoms with van der Waals surface area (Å²) in [6, 6.07) is 18.5. The molecule has 0 saturated carbocycles. The van der Waals surface area contributed by atoms with E-state index in [0.29, 0.717) is 41.5 Å². The third-order valence-electron chi connectivity index (χ3n) is 16.9. The van der Waals surface area contributed by atoms with Crippen LogP contribution in [0.15, 0.2) is 76.9 Å². The van der Waals surface area contributed by atoms with Gasteiger partial charge in [-0.3, -0.25) is 19.5 Å². The van der Waals surface area contributed by atoms with Crippen molar-refractivity contribution in [2.45, 2.75) is 135 Å². The maximum absolute atomic E-state index is 17.6. The van der Waals surface area contributed by atoms with Gasteiger partial charge in [0.25, 0.3) is 5.88 Å². The normalized spacial score (nSPS) is 21.3. The summed E-state index contributed by atoms with van der Waals surface area (Å²) in [4.78, 5) is 54.8. The fourth-order valence-electron chi connectivity index (χ4n) is 12.7. The van der Waals surface area contributed by atoms with Crippen molar-refractivity contribution < 1.29 is 42.6 Å². The summed E-state index contributed by atoms with van der Waals surface area (Å²) in [5, 5.41) is 20.6. The number of hydrogen-bond acceptors (Lipinski definition) is 16. The molecule has 4 aliphatic rings. The van der Waals surface area contributed by atoms with Gasteiger partial charge in [0.1, 0.15) is 48.0 Å².